The van der Waals surface area contributed by atoms with Gasteiger partial charge in [-0.2, -0.15) is 18.3 Å². The van der Waals surface area contributed by atoms with Crippen molar-refractivity contribution in [2.24, 2.45) is 7.05 Å². The molecule has 5 rings (SSSR count). The predicted molar refractivity (Wildman–Crippen MR) is 107 cm³/mol. The number of carbonyl (C=O) groups excluding carboxylic acids is 1. The Morgan fingerprint density at radius 1 is 1.19 bits per heavy atom. The number of fused-ring (bicyclic) bond motifs is 3. The van der Waals surface area contributed by atoms with Crippen molar-refractivity contribution in [1.29, 1.82) is 0 Å². The number of likely N-dealkylation sites (tertiary alicyclic amines) is 1. The molecule has 4 aromatic rings. The van der Waals surface area contributed by atoms with Crippen LogP contribution in [0.5, 0.6) is 0 Å². The predicted octanol–water partition coefficient (Wildman–Crippen LogP) is 3.14. The molecule has 10 heteroatoms. The number of aryl methyl sites for hydroxylation is 1. The Bertz CT molecular complexity index is 1310. The topological polar surface area (TPSA) is 76.2 Å². The van der Waals surface area contributed by atoms with Crippen LogP contribution in [0, 0.1) is 0 Å². The van der Waals surface area contributed by atoms with Crippen LogP contribution in [0.25, 0.3) is 27.8 Å². The number of pyridine rings is 1. The fraction of sp³-hybridized carbons (Fsp3) is 0.286. The molecule has 160 valence electrons. The van der Waals surface area contributed by atoms with Crippen molar-refractivity contribution in [3.05, 3.63) is 53.9 Å². The monoisotopic (exact) mass is 429 g/mol. The lowest BCUT2D eigenvalue weighted by Gasteiger charge is -2.15. The van der Waals surface area contributed by atoms with E-state index >= 15 is 0 Å². The molecule has 0 radical (unpaired) electrons. The summed E-state index contributed by atoms with van der Waals surface area (Å²) in [6.45, 7) is 0.798. The Morgan fingerprint density at radius 3 is 2.65 bits per heavy atom. The third kappa shape index (κ3) is 3.23. The first-order chi connectivity index (χ1) is 14.7. The summed E-state index contributed by atoms with van der Waals surface area (Å²) >= 11 is 0. The maximum absolute atomic E-state index is 12.9. The Balaban J connectivity index is 1.64. The summed E-state index contributed by atoms with van der Waals surface area (Å²) in [5, 5.41) is 15.7. The molecular formula is C21H18F3N5O2. The highest BCUT2D eigenvalue weighted by Crippen LogP contribution is 2.33. The van der Waals surface area contributed by atoms with Gasteiger partial charge < -0.3 is 10.0 Å². The fourth-order valence-electron chi connectivity index (χ4n) is 4.05. The summed E-state index contributed by atoms with van der Waals surface area (Å²) in [5.74, 6) is 0.129. The van der Waals surface area contributed by atoms with E-state index in [1.165, 1.54) is 6.07 Å². The zero-order valence-corrected chi connectivity index (χ0v) is 16.5. The van der Waals surface area contributed by atoms with Crippen molar-refractivity contribution in [2.45, 2.75) is 18.7 Å². The normalized spacial score (nSPS) is 17.2. The van der Waals surface area contributed by atoms with Crippen LogP contribution in [-0.2, 0) is 13.2 Å². The van der Waals surface area contributed by atoms with Crippen LogP contribution in [0.4, 0.5) is 13.2 Å². The SMILES string of the molecule is Cn1cc2c3cc(C(=O)N4CC[C@@H](O)C4)ccc3n(-c3ccc(C(F)(F)F)cn3)c2n1. The van der Waals surface area contributed by atoms with E-state index in [0.29, 0.717) is 42.1 Å². The summed E-state index contributed by atoms with van der Waals surface area (Å²) in [7, 11) is 1.75. The summed E-state index contributed by atoms with van der Waals surface area (Å²) in [5.41, 5.74) is 0.866. The zero-order chi connectivity index (χ0) is 21.9. The van der Waals surface area contributed by atoms with Crippen LogP contribution in [-0.4, -0.2) is 54.4 Å². The number of aromatic nitrogens is 4. The fourth-order valence-corrected chi connectivity index (χ4v) is 4.05. The number of nitrogens with zero attached hydrogens (tertiary/aromatic N) is 5. The second-order valence-electron chi connectivity index (χ2n) is 7.70. The Kier molecular flexibility index (Phi) is 4.30. The standard InChI is InChI=1S/C21H18F3N5O2/c1-27-11-16-15-8-12(20(31)28-7-6-14(30)10-28)2-4-17(15)29(19(16)26-27)18-5-3-13(9-25-18)21(22,23)24/h2-5,8-9,11,14,30H,6-7,10H2,1H3/t14-/m1/s1. The van der Waals surface area contributed by atoms with E-state index in [-0.39, 0.29) is 5.91 Å². The van der Waals surface area contributed by atoms with Crippen molar-refractivity contribution in [3.63, 3.8) is 0 Å². The maximum atomic E-state index is 12.9. The second-order valence-corrected chi connectivity index (χ2v) is 7.70. The van der Waals surface area contributed by atoms with Crippen molar-refractivity contribution < 1.29 is 23.1 Å². The largest absolute Gasteiger partial charge is 0.417 e. The number of benzene rings is 1. The maximum Gasteiger partial charge on any atom is 0.417 e. The van der Waals surface area contributed by atoms with Gasteiger partial charge in [0.1, 0.15) is 5.82 Å². The van der Waals surface area contributed by atoms with Crippen molar-refractivity contribution >= 4 is 27.8 Å². The van der Waals surface area contributed by atoms with E-state index in [2.05, 4.69) is 10.1 Å². The van der Waals surface area contributed by atoms with Crippen molar-refractivity contribution in [1.82, 2.24) is 24.2 Å². The van der Waals surface area contributed by atoms with E-state index in [1.807, 2.05) is 0 Å². The molecule has 0 unspecified atom stereocenters. The van der Waals surface area contributed by atoms with Gasteiger partial charge in [-0.05, 0) is 36.8 Å². The molecule has 1 fully saturated rings. The van der Waals surface area contributed by atoms with Gasteiger partial charge in [0, 0.05) is 48.9 Å². The van der Waals surface area contributed by atoms with Crippen LogP contribution >= 0.6 is 0 Å². The number of halogens is 3. The first-order valence-electron chi connectivity index (χ1n) is 9.71. The molecule has 3 aromatic heterocycles. The number of aliphatic hydroxyl groups excluding tert-OH is 1. The lowest BCUT2D eigenvalue weighted by molar-refractivity contribution is -0.137. The smallest absolute Gasteiger partial charge is 0.391 e. The van der Waals surface area contributed by atoms with Gasteiger partial charge in [0.25, 0.3) is 5.91 Å². The Labute approximate surface area is 174 Å². The van der Waals surface area contributed by atoms with Gasteiger partial charge in [0.2, 0.25) is 0 Å². The Hall–Kier alpha value is -3.40. The minimum Gasteiger partial charge on any atom is -0.391 e. The van der Waals surface area contributed by atoms with E-state index in [9.17, 15) is 23.1 Å². The number of amides is 1. The minimum absolute atomic E-state index is 0.170. The van der Waals surface area contributed by atoms with Gasteiger partial charge in [0.15, 0.2) is 5.65 Å². The third-order valence-corrected chi connectivity index (χ3v) is 5.55. The van der Waals surface area contributed by atoms with Gasteiger partial charge in [-0.25, -0.2) is 4.98 Å². The van der Waals surface area contributed by atoms with Gasteiger partial charge >= 0.3 is 6.18 Å². The Morgan fingerprint density at radius 2 is 2.00 bits per heavy atom. The molecule has 0 saturated carbocycles. The average Bonchev–Trinajstić information content (AvgIpc) is 3.40. The van der Waals surface area contributed by atoms with Crippen molar-refractivity contribution in [2.75, 3.05) is 13.1 Å². The zero-order valence-electron chi connectivity index (χ0n) is 16.5. The molecule has 7 nitrogen and oxygen atoms in total. The highest BCUT2D eigenvalue weighted by molar-refractivity contribution is 6.10. The third-order valence-electron chi connectivity index (χ3n) is 5.55. The molecule has 4 heterocycles. The molecule has 1 aliphatic rings. The minimum atomic E-state index is -4.47. The summed E-state index contributed by atoms with van der Waals surface area (Å²) < 4.78 is 42.1. The van der Waals surface area contributed by atoms with Gasteiger partial charge in [-0.3, -0.25) is 14.0 Å². The van der Waals surface area contributed by atoms with Crippen LogP contribution in [0.15, 0.2) is 42.7 Å². The molecule has 1 aromatic carbocycles. The molecule has 0 aliphatic carbocycles. The van der Waals surface area contributed by atoms with Crippen LogP contribution < -0.4 is 0 Å². The van der Waals surface area contributed by atoms with E-state index in [1.54, 1.807) is 45.6 Å². The quantitative estimate of drug-likeness (QED) is 0.531. The molecule has 1 N–H and O–H groups in total. The van der Waals surface area contributed by atoms with Crippen LogP contribution in [0.3, 0.4) is 0 Å². The number of carbonyl (C=O) groups is 1. The molecule has 31 heavy (non-hydrogen) atoms. The van der Waals surface area contributed by atoms with Crippen LogP contribution in [0.1, 0.15) is 22.3 Å². The molecule has 1 saturated heterocycles. The van der Waals surface area contributed by atoms with Crippen molar-refractivity contribution in [3.8, 4) is 5.82 Å². The first kappa shape index (κ1) is 19.6. The molecule has 1 amide bonds. The first-order valence-corrected chi connectivity index (χ1v) is 9.71. The lowest BCUT2D eigenvalue weighted by Crippen LogP contribution is -2.29. The molecule has 1 aliphatic heterocycles. The number of rotatable bonds is 2. The number of alkyl halides is 3. The summed E-state index contributed by atoms with van der Waals surface area (Å²) in [6, 6.07) is 7.47. The van der Waals surface area contributed by atoms with Gasteiger partial charge in [-0.1, -0.05) is 0 Å². The summed E-state index contributed by atoms with van der Waals surface area (Å²) in [4.78, 5) is 18.5. The highest BCUT2D eigenvalue weighted by Gasteiger charge is 2.31. The lowest BCUT2D eigenvalue weighted by atomic mass is 10.1. The van der Waals surface area contributed by atoms with E-state index in [0.717, 1.165) is 23.0 Å². The summed E-state index contributed by atoms with van der Waals surface area (Å²) in [6.07, 6.45) is -1.83. The average molecular weight is 429 g/mol. The molecular weight excluding hydrogens is 411 g/mol. The molecule has 0 bridgehead atoms. The number of hydrogen-bond acceptors (Lipinski definition) is 4. The number of β-amino-alcohol motifs (C(OH)–C–C–N with tert-alkyl or cyclic N) is 1. The van der Waals surface area contributed by atoms with Gasteiger partial charge in [0.05, 0.1) is 17.2 Å². The molecule has 0 spiro atoms. The number of aliphatic hydroxyl groups is 1. The van der Waals surface area contributed by atoms with E-state index in [4.69, 9.17) is 0 Å². The van der Waals surface area contributed by atoms with E-state index < -0.39 is 17.8 Å². The van der Waals surface area contributed by atoms with Gasteiger partial charge in [-0.15, -0.1) is 0 Å². The molecule has 1 atom stereocenters. The van der Waals surface area contributed by atoms with Crippen LogP contribution in [0.2, 0.25) is 0 Å². The highest BCUT2D eigenvalue weighted by atomic mass is 19.4. The second kappa shape index (κ2) is 6.81. The number of hydrogen-bond donors (Lipinski definition) is 1.